The van der Waals surface area contributed by atoms with Crippen LogP contribution in [0.5, 0.6) is 0 Å². The third-order valence-electron chi connectivity index (χ3n) is 3.98. The lowest BCUT2D eigenvalue weighted by Gasteiger charge is -2.13. The topological polar surface area (TPSA) is 80.0 Å². The molecule has 27 heavy (non-hydrogen) atoms. The molecule has 6 nitrogen and oxygen atoms in total. The van der Waals surface area contributed by atoms with E-state index in [9.17, 15) is 4.79 Å². The average Bonchev–Trinajstić information content (AvgIpc) is 3.19. The van der Waals surface area contributed by atoms with E-state index in [0.717, 1.165) is 12.0 Å². The SMILES string of the molecule is O=C(/C=C/c1cn(C(/C=C/c2ccccc2)Cc2ccccc2)nn1)NO. The van der Waals surface area contributed by atoms with E-state index < -0.39 is 5.91 Å². The molecule has 136 valence electrons. The number of allylic oxidation sites excluding steroid dienone is 1. The molecule has 0 bridgehead atoms. The number of hydrogen-bond donors (Lipinski definition) is 2. The highest BCUT2D eigenvalue weighted by molar-refractivity contribution is 5.90. The maximum atomic E-state index is 11.1. The van der Waals surface area contributed by atoms with Crippen LogP contribution < -0.4 is 5.48 Å². The highest BCUT2D eigenvalue weighted by atomic mass is 16.5. The van der Waals surface area contributed by atoms with Gasteiger partial charge in [-0.1, -0.05) is 78.0 Å². The van der Waals surface area contributed by atoms with E-state index in [2.05, 4.69) is 34.6 Å². The molecule has 1 amide bonds. The first-order valence-electron chi connectivity index (χ1n) is 8.56. The predicted molar refractivity (Wildman–Crippen MR) is 104 cm³/mol. The van der Waals surface area contributed by atoms with Gasteiger partial charge in [0.2, 0.25) is 0 Å². The molecule has 0 aliphatic rings. The molecule has 1 unspecified atom stereocenters. The van der Waals surface area contributed by atoms with Gasteiger partial charge in [-0.2, -0.15) is 0 Å². The van der Waals surface area contributed by atoms with E-state index in [0.29, 0.717) is 5.69 Å². The van der Waals surface area contributed by atoms with Crippen LogP contribution in [0.3, 0.4) is 0 Å². The van der Waals surface area contributed by atoms with Crippen molar-refractivity contribution < 1.29 is 10.0 Å². The maximum Gasteiger partial charge on any atom is 0.267 e. The number of carbonyl (C=O) groups is 1. The Balaban J connectivity index is 1.83. The van der Waals surface area contributed by atoms with Gasteiger partial charge in [0.25, 0.3) is 5.91 Å². The molecule has 0 saturated carbocycles. The molecule has 0 saturated heterocycles. The van der Waals surface area contributed by atoms with Crippen molar-refractivity contribution in [2.24, 2.45) is 0 Å². The highest BCUT2D eigenvalue weighted by Crippen LogP contribution is 2.17. The first-order valence-corrected chi connectivity index (χ1v) is 8.56. The average molecular weight is 360 g/mol. The summed E-state index contributed by atoms with van der Waals surface area (Å²) in [5.41, 5.74) is 4.37. The van der Waals surface area contributed by atoms with Crippen molar-refractivity contribution >= 4 is 18.1 Å². The summed E-state index contributed by atoms with van der Waals surface area (Å²) in [5.74, 6) is -0.616. The van der Waals surface area contributed by atoms with Crippen molar-refractivity contribution in [3.05, 3.63) is 95.8 Å². The molecule has 3 rings (SSSR count). The second-order valence-electron chi connectivity index (χ2n) is 5.96. The van der Waals surface area contributed by atoms with Crippen molar-refractivity contribution in [3.8, 4) is 0 Å². The van der Waals surface area contributed by atoms with Crippen molar-refractivity contribution in [1.29, 1.82) is 0 Å². The molecule has 6 heteroatoms. The first-order chi connectivity index (χ1) is 13.2. The number of rotatable bonds is 7. The molecule has 0 radical (unpaired) electrons. The number of hydroxylamine groups is 1. The van der Waals surface area contributed by atoms with Gasteiger partial charge >= 0.3 is 0 Å². The molecule has 2 aromatic carbocycles. The number of hydrogen-bond acceptors (Lipinski definition) is 4. The summed E-state index contributed by atoms with van der Waals surface area (Å²) in [5, 5.41) is 16.8. The number of carbonyl (C=O) groups excluding carboxylic acids is 1. The van der Waals surface area contributed by atoms with E-state index in [4.69, 9.17) is 5.21 Å². The summed E-state index contributed by atoms with van der Waals surface area (Å²) in [4.78, 5) is 11.1. The molecule has 1 aromatic heterocycles. The number of benzene rings is 2. The van der Waals surface area contributed by atoms with Crippen molar-refractivity contribution in [2.45, 2.75) is 12.5 Å². The normalized spacial score (nSPS) is 12.5. The van der Waals surface area contributed by atoms with Crippen molar-refractivity contribution in [1.82, 2.24) is 20.5 Å². The van der Waals surface area contributed by atoms with Crippen LogP contribution in [0.25, 0.3) is 12.2 Å². The van der Waals surface area contributed by atoms with Crippen molar-refractivity contribution in [3.63, 3.8) is 0 Å². The summed E-state index contributed by atoms with van der Waals surface area (Å²) < 4.78 is 1.77. The lowest BCUT2D eigenvalue weighted by Crippen LogP contribution is -2.14. The summed E-state index contributed by atoms with van der Waals surface area (Å²) in [6.07, 6.45) is 9.36. The minimum absolute atomic E-state index is 0.0334. The standard InChI is InChI=1S/C21H20N4O2/c26-21(23-27)14-12-19-16-25(24-22-19)20(15-18-9-5-2-6-10-18)13-11-17-7-3-1-4-8-17/h1-14,16,20,27H,15H2,(H,23,26)/b13-11+,14-12+. The van der Waals surface area contributed by atoms with Crippen LogP contribution in [0.2, 0.25) is 0 Å². The monoisotopic (exact) mass is 360 g/mol. The second kappa shape index (κ2) is 9.26. The largest absolute Gasteiger partial charge is 0.288 e. The van der Waals surface area contributed by atoms with E-state index in [1.165, 1.54) is 17.7 Å². The molecule has 0 fully saturated rings. The third kappa shape index (κ3) is 5.49. The van der Waals surface area contributed by atoms with Gasteiger partial charge in [-0.05, 0) is 23.6 Å². The fourth-order valence-electron chi connectivity index (χ4n) is 2.62. The predicted octanol–water partition coefficient (Wildman–Crippen LogP) is 3.29. The minimum atomic E-state index is -0.616. The van der Waals surface area contributed by atoms with Gasteiger partial charge < -0.3 is 0 Å². The molecule has 0 spiro atoms. The van der Waals surface area contributed by atoms with Crippen LogP contribution in [0.15, 0.2) is 79.0 Å². The molecule has 1 atom stereocenters. The number of nitrogens with one attached hydrogen (secondary N) is 1. The minimum Gasteiger partial charge on any atom is -0.288 e. The molecule has 3 aromatic rings. The van der Waals surface area contributed by atoms with E-state index >= 15 is 0 Å². The van der Waals surface area contributed by atoms with Gasteiger partial charge in [0, 0.05) is 6.08 Å². The van der Waals surface area contributed by atoms with Gasteiger partial charge in [0.15, 0.2) is 0 Å². The van der Waals surface area contributed by atoms with Gasteiger partial charge in [-0.25, -0.2) is 10.2 Å². The Labute approximate surface area is 157 Å². The zero-order chi connectivity index (χ0) is 18.9. The third-order valence-corrected chi connectivity index (χ3v) is 3.98. The Morgan fingerprint density at radius 2 is 1.78 bits per heavy atom. The molecule has 0 aliphatic carbocycles. The Bertz CT molecular complexity index is 918. The fourth-order valence-corrected chi connectivity index (χ4v) is 2.62. The van der Waals surface area contributed by atoms with Crippen LogP contribution in [0, 0.1) is 0 Å². The lowest BCUT2D eigenvalue weighted by atomic mass is 10.0. The van der Waals surface area contributed by atoms with Gasteiger partial charge in [-0.15, -0.1) is 5.10 Å². The van der Waals surface area contributed by atoms with Gasteiger partial charge in [-0.3, -0.25) is 10.0 Å². The quantitative estimate of drug-likeness (QED) is 0.385. The Hall–Kier alpha value is -3.51. The molecular weight excluding hydrogens is 340 g/mol. The van der Waals surface area contributed by atoms with Gasteiger partial charge in [0.05, 0.1) is 12.2 Å². The van der Waals surface area contributed by atoms with E-state index in [1.54, 1.807) is 16.4 Å². The van der Waals surface area contributed by atoms with Crippen LogP contribution in [0.1, 0.15) is 22.9 Å². The molecule has 2 N–H and O–H groups in total. The number of aromatic nitrogens is 3. The summed E-state index contributed by atoms with van der Waals surface area (Å²) in [6.45, 7) is 0. The summed E-state index contributed by atoms with van der Waals surface area (Å²) >= 11 is 0. The van der Waals surface area contributed by atoms with Crippen molar-refractivity contribution in [2.75, 3.05) is 0 Å². The fraction of sp³-hybridized carbons (Fsp3) is 0.0952. The van der Waals surface area contributed by atoms with Crippen LogP contribution in [-0.4, -0.2) is 26.1 Å². The zero-order valence-corrected chi connectivity index (χ0v) is 14.6. The first kappa shape index (κ1) is 18.3. The van der Waals surface area contributed by atoms with Crippen LogP contribution in [0.4, 0.5) is 0 Å². The van der Waals surface area contributed by atoms with E-state index in [1.807, 2.05) is 48.5 Å². The Morgan fingerprint density at radius 3 is 2.48 bits per heavy atom. The maximum absolute atomic E-state index is 11.1. The number of amides is 1. The van der Waals surface area contributed by atoms with E-state index in [-0.39, 0.29) is 6.04 Å². The zero-order valence-electron chi connectivity index (χ0n) is 14.6. The smallest absolute Gasteiger partial charge is 0.267 e. The van der Waals surface area contributed by atoms with Crippen LogP contribution in [-0.2, 0) is 11.2 Å². The molecule has 0 aliphatic heterocycles. The lowest BCUT2D eigenvalue weighted by molar-refractivity contribution is -0.124. The number of nitrogens with zero attached hydrogens (tertiary/aromatic N) is 3. The van der Waals surface area contributed by atoms with Gasteiger partial charge in [0.1, 0.15) is 5.69 Å². The summed E-state index contributed by atoms with van der Waals surface area (Å²) in [6, 6.07) is 20.2. The molecular formula is C21H20N4O2. The van der Waals surface area contributed by atoms with Crippen LogP contribution >= 0.6 is 0 Å². The molecule has 1 heterocycles. The highest BCUT2D eigenvalue weighted by Gasteiger charge is 2.11. The summed E-state index contributed by atoms with van der Waals surface area (Å²) in [7, 11) is 0. The Kier molecular flexibility index (Phi) is 6.27. The second-order valence-corrected chi connectivity index (χ2v) is 5.96. The Morgan fingerprint density at radius 1 is 1.07 bits per heavy atom.